The smallest absolute Gasteiger partial charge is 0.328 e. The second-order valence-electron chi connectivity index (χ2n) is 5.70. The minimum Gasteiger partial charge on any atom is -0.494 e. The Hall–Kier alpha value is -3.81. The summed E-state index contributed by atoms with van der Waals surface area (Å²) in [6.45, 7) is 0.190. The summed E-state index contributed by atoms with van der Waals surface area (Å²) >= 11 is 0. The molecule has 3 aromatic rings. The fourth-order valence-corrected chi connectivity index (χ4v) is 2.53. The lowest BCUT2D eigenvalue weighted by Crippen LogP contribution is -1.99. The van der Waals surface area contributed by atoms with Crippen LogP contribution in [0.3, 0.4) is 0 Å². The van der Waals surface area contributed by atoms with E-state index in [1.165, 1.54) is 13.2 Å². The Bertz CT molecular complexity index is 997. The van der Waals surface area contributed by atoms with Crippen molar-refractivity contribution in [2.24, 2.45) is 0 Å². The number of carboxylic acids is 1. The molecule has 0 unspecified atom stereocenters. The molecule has 1 aromatic heterocycles. The lowest BCUT2D eigenvalue weighted by Gasteiger charge is -2.10. The van der Waals surface area contributed by atoms with Gasteiger partial charge in [0.05, 0.1) is 20.4 Å². The van der Waals surface area contributed by atoms with E-state index in [2.05, 4.69) is 10.3 Å². The molecular weight excluding hydrogens is 362 g/mol. The van der Waals surface area contributed by atoms with Crippen LogP contribution in [-0.2, 0) is 11.4 Å². The highest BCUT2D eigenvalue weighted by Gasteiger charge is 2.10. The molecule has 1 N–H and O–H groups in total. The number of hydrogen-bond donors (Lipinski definition) is 1. The monoisotopic (exact) mass is 381 g/mol. The number of methoxy groups -OCH3 is 2. The molecule has 144 valence electrons. The number of hydrogen-bond acceptors (Lipinski definition) is 6. The van der Waals surface area contributed by atoms with E-state index in [1.54, 1.807) is 36.2 Å². The van der Waals surface area contributed by atoms with Gasteiger partial charge in [-0.3, -0.25) is 0 Å². The Kier molecular flexibility index (Phi) is 5.91. The van der Waals surface area contributed by atoms with Crippen molar-refractivity contribution in [2.45, 2.75) is 6.61 Å². The molecule has 3 rings (SSSR count). The summed E-state index contributed by atoms with van der Waals surface area (Å²) in [6.07, 6.45) is 4.30. The third kappa shape index (κ3) is 4.47. The average molecular weight is 381 g/mol. The summed E-state index contributed by atoms with van der Waals surface area (Å²) in [5.41, 5.74) is 2.09. The van der Waals surface area contributed by atoms with Crippen molar-refractivity contribution in [3.05, 3.63) is 66.0 Å². The Morgan fingerprint density at radius 3 is 2.64 bits per heavy atom. The Morgan fingerprint density at radius 1 is 1.11 bits per heavy atom. The molecule has 8 heteroatoms. The standard InChI is InChI=1S/C20H19N3O5/c1-26-17-6-4-3-5-16(17)23-12-15(21-22-23)13-28-18-9-7-14(8-10-20(24)25)11-19(18)27-2/h3-12H,13H2,1-2H3,(H,24,25)/b10-8+. The second kappa shape index (κ2) is 8.72. The molecule has 2 aromatic carbocycles. The van der Waals surface area contributed by atoms with E-state index in [1.807, 2.05) is 24.3 Å². The van der Waals surface area contributed by atoms with Crippen molar-refractivity contribution < 1.29 is 24.1 Å². The fraction of sp³-hybridized carbons (Fsp3) is 0.150. The van der Waals surface area contributed by atoms with Gasteiger partial charge in [0, 0.05) is 6.08 Å². The number of para-hydroxylation sites is 2. The van der Waals surface area contributed by atoms with Crippen LogP contribution in [0.15, 0.2) is 54.7 Å². The van der Waals surface area contributed by atoms with Gasteiger partial charge in [-0.2, -0.15) is 0 Å². The number of benzene rings is 2. The van der Waals surface area contributed by atoms with E-state index < -0.39 is 5.97 Å². The summed E-state index contributed by atoms with van der Waals surface area (Å²) < 4.78 is 18.1. The molecule has 0 aliphatic rings. The molecule has 0 fully saturated rings. The van der Waals surface area contributed by atoms with E-state index in [0.717, 1.165) is 11.8 Å². The van der Waals surface area contributed by atoms with Crippen molar-refractivity contribution in [3.8, 4) is 22.9 Å². The average Bonchev–Trinajstić information content (AvgIpc) is 3.19. The largest absolute Gasteiger partial charge is 0.494 e. The summed E-state index contributed by atoms with van der Waals surface area (Å²) in [5, 5.41) is 17.0. The van der Waals surface area contributed by atoms with Crippen molar-refractivity contribution >= 4 is 12.0 Å². The molecule has 0 bridgehead atoms. The van der Waals surface area contributed by atoms with Crippen molar-refractivity contribution in [2.75, 3.05) is 14.2 Å². The van der Waals surface area contributed by atoms with Crippen molar-refractivity contribution in [3.63, 3.8) is 0 Å². The molecule has 28 heavy (non-hydrogen) atoms. The number of ether oxygens (including phenoxy) is 3. The SMILES string of the molecule is COc1cc(/C=C/C(=O)O)ccc1OCc1cn(-c2ccccc2OC)nn1. The maximum absolute atomic E-state index is 10.6. The molecular formula is C20H19N3O5. The first-order chi connectivity index (χ1) is 13.6. The summed E-state index contributed by atoms with van der Waals surface area (Å²) in [4.78, 5) is 10.6. The topological polar surface area (TPSA) is 95.7 Å². The van der Waals surface area contributed by atoms with Gasteiger partial charge in [0.15, 0.2) is 11.5 Å². The summed E-state index contributed by atoms with van der Waals surface area (Å²) in [5.74, 6) is 0.676. The van der Waals surface area contributed by atoms with Crippen LogP contribution < -0.4 is 14.2 Å². The fourth-order valence-electron chi connectivity index (χ4n) is 2.53. The number of carbonyl (C=O) groups is 1. The molecule has 0 aliphatic carbocycles. The first kappa shape index (κ1) is 19.0. The third-order valence-electron chi connectivity index (χ3n) is 3.85. The Morgan fingerprint density at radius 2 is 1.89 bits per heavy atom. The van der Waals surface area contributed by atoms with Gasteiger partial charge in [-0.25, -0.2) is 9.48 Å². The summed E-state index contributed by atoms with van der Waals surface area (Å²) in [6, 6.07) is 12.6. The maximum atomic E-state index is 10.6. The van der Waals surface area contributed by atoms with Crippen LogP contribution in [0.5, 0.6) is 17.2 Å². The number of carboxylic acid groups (broad SMARTS) is 1. The van der Waals surface area contributed by atoms with Gasteiger partial charge in [0.1, 0.15) is 23.7 Å². The zero-order chi connectivity index (χ0) is 19.9. The molecule has 8 nitrogen and oxygen atoms in total. The van der Waals surface area contributed by atoms with Gasteiger partial charge in [-0.1, -0.05) is 23.4 Å². The molecule has 0 saturated carbocycles. The highest BCUT2D eigenvalue weighted by molar-refractivity contribution is 5.85. The minimum atomic E-state index is -1.02. The maximum Gasteiger partial charge on any atom is 0.328 e. The molecule has 0 amide bonds. The van der Waals surface area contributed by atoms with E-state index >= 15 is 0 Å². The first-order valence-corrected chi connectivity index (χ1v) is 8.37. The molecule has 1 heterocycles. The predicted molar refractivity (Wildman–Crippen MR) is 102 cm³/mol. The number of rotatable bonds is 8. The van der Waals surface area contributed by atoms with Crippen LogP contribution in [0.25, 0.3) is 11.8 Å². The lowest BCUT2D eigenvalue weighted by atomic mass is 10.2. The van der Waals surface area contributed by atoms with E-state index in [-0.39, 0.29) is 6.61 Å². The van der Waals surface area contributed by atoms with Gasteiger partial charge in [-0.15, -0.1) is 5.10 Å². The second-order valence-corrected chi connectivity index (χ2v) is 5.70. The van der Waals surface area contributed by atoms with Crippen LogP contribution in [0.1, 0.15) is 11.3 Å². The van der Waals surface area contributed by atoms with E-state index in [4.69, 9.17) is 19.3 Å². The summed E-state index contributed by atoms with van der Waals surface area (Å²) in [7, 11) is 3.12. The van der Waals surface area contributed by atoms with Gasteiger partial charge in [0.2, 0.25) is 0 Å². The van der Waals surface area contributed by atoms with E-state index in [0.29, 0.717) is 28.5 Å². The predicted octanol–water partition coefficient (Wildman–Crippen LogP) is 2.96. The number of nitrogens with zero attached hydrogens (tertiary/aromatic N) is 3. The quantitative estimate of drug-likeness (QED) is 0.599. The zero-order valence-corrected chi connectivity index (χ0v) is 15.4. The number of aromatic nitrogens is 3. The zero-order valence-electron chi connectivity index (χ0n) is 15.4. The Labute approximate surface area is 161 Å². The van der Waals surface area contributed by atoms with E-state index in [9.17, 15) is 4.79 Å². The van der Waals surface area contributed by atoms with Crippen LogP contribution in [0.2, 0.25) is 0 Å². The normalized spacial score (nSPS) is 10.8. The Balaban J connectivity index is 1.72. The molecule has 0 saturated heterocycles. The van der Waals surface area contributed by atoms with Gasteiger partial charge < -0.3 is 19.3 Å². The van der Waals surface area contributed by atoms with Crippen LogP contribution in [-0.4, -0.2) is 40.3 Å². The third-order valence-corrected chi connectivity index (χ3v) is 3.85. The van der Waals surface area contributed by atoms with Gasteiger partial charge in [0.25, 0.3) is 0 Å². The van der Waals surface area contributed by atoms with Crippen molar-refractivity contribution in [1.82, 2.24) is 15.0 Å². The lowest BCUT2D eigenvalue weighted by molar-refractivity contribution is -0.131. The van der Waals surface area contributed by atoms with Crippen LogP contribution >= 0.6 is 0 Å². The minimum absolute atomic E-state index is 0.190. The van der Waals surface area contributed by atoms with Crippen molar-refractivity contribution in [1.29, 1.82) is 0 Å². The molecule has 0 atom stereocenters. The number of aliphatic carboxylic acids is 1. The molecule has 0 spiro atoms. The molecule has 0 aliphatic heterocycles. The highest BCUT2D eigenvalue weighted by atomic mass is 16.5. The first-order valence-electron chi connectivity index (χ1n) is 8.37. The van der Waals surface area contributed by atoms with Gasteiger partial charge >= 0.3 is 5.97 Å². The molecule has 0 radical (unpaired) electrons. The highest BCUT2D eigenvalue weighted by Crippen LogP contribution is 2.29. The van der Waals surface area contributed by atoms with Gasteiger partial charge in [-0.05, 0) is 35.9 Å². The van der Waals surface area contributed by atoms with Crippen LogP contribution in [0.4, 0.5) is 0 Å². The van der Waals surface area contributed by atoms with Crippen LogP contribution in [0, 0.1) is 0 Å².